The minimum atomic E-state index is -0.283. The third-order valence-electron chi connectivity index (χ3n) is 3.02. The Kier molecular flexibility index (Phi) is 4.93. The highest BCUT2D eigenvalue weighted by atomic mass is 16.5. The van der Waals surface area contributed by atoms with Crippen molar-refractivity contribution in [3.05, 3.63) is 48.0 Å². The number of carbonyl (C=O) groups excluding carboxylic acids is 1. The zero-order valence-electron chi connectivity index (χ0n) is 10.8. The number of aliphatic hydroxyl groups excluding tert-OH is 1. The van der Waals surface area contributed by atoms with Crippen LogP contribution in [0.4, 0.5) is 0 Å². The molecular weight excluding hydrogens is 240 g/mol. The van der Waals surface area contributed by atoms with Crippen LogP contribution in [0, 0.1) is 0 Å². The summed E-state index contributed by atoms with van der Waals surface area (Å²) < 4.78 is 5.20. The zero-order chi connectivity index (χ0) is 13.5. The lowest BCUT2D eigenvalue weighted by molar-refractivity contribution is 0.0497. The van der Waals surface area contributed by atoms with E-state index in [-0.39, 0.29) is 12.6 Å². The van der Waals surface area contributed by atoms with Crippen molar-refractivity contribution in [2.24, 2.45) is 0 Å². The Morgan fingerprint density at radius 2 is 1.79 bits per heavy atom. The van der Waals surface area contributed by atoms with Crippen molar-refractivity contribution in [3.63, 3.8) is 0 Å². The van der Waals surface area contributed by atoms with Gasteiger partial charge < -0.3 is 9.84 Å². The molecule has 0 saturated heterocycles. The summed E-state index contributed by atoms with van der Waals surface area (Å²) in [5.74, 6) is -0.283. The van der Waals surface area contributed by atoms with E-state index in [2.05, 4.69) is 0 Å². The first kappa shape index (κ1) is 13.6. The van der Waals surface area contributed by atoms with Gasteiger partial charge in [-0.3, -0.25) is 0 Å². The second-order valence-corrected chi connectivity index (χ2v) is 4.48. The number of fused-ring (bicyclic) bond motifs is 1. The molecule has 0 aliphatic rings. The summed E-state index contributed by atoms with van der Waals surface area (Å²) in [6.07, 6.45) is 2.43. The Morgan fingerprint density at radius 1 is 1.00 bits per heavy atom. The van der Waals surface area contributed by atoms with Crippen LogP contribution in [-0.2, 0) is 4.74 Å². The van der Waals surface area contributed by atoms with Crippen LogP contribution in [-0.4, -0.2) is 24.3 Å². The molecule has 0 fully saturated rings. The Balaban J connectivity index is 1.93. The van der Waals surface area contributed by atoms with E-state index < -0.39 is 0 Å². The average molecular weight is 258 g/mol. The third kappa shape index (κ3) is 3.80. The smallest absolute Gasteiger partial charge is 0.338 e. The zero-order valence-corrected chi connectivity index (χ0v) is 10.8. The molecule has 1 N–H and O–H groups in total. The van der Waals surface area contributed by atoms with Gasteiger partial charge in [-0.2, -0.15) is 0 Å². The van der Waals surface area contributed by atoms with E-state index in [1.165, 1.54) is 0 Å². The van der Waals surface area contributed by atoms with Crippen LogP contribution in [0.3, 0.4) is 0 Å². The molecule has 0 amide bonds. The SMILES string of the molecule is O=C(OCCCCCO)c1ccc2ccccc2c1. The highest BCUT2D eigenvalue weighted by molar-refractivity contribution is 5.95. The summed E-state index contributed by atoms with van der Waals surface area (Å²) in [6.45, 7) is 0.601. The lowest BCUT2D eigenvalue weighted by atomic mass is 10.1. The molecule has 0 aliphatic carbocycles. The van der Waals surface area contributed by atoms with Crippen LogP contribution in [0.25, 0.3) is 10.8 Å². The van der Waals surface area contributed by atoms with E-state index in [1.807, 2.05) is 36.4 Å². The average Bonchev–Trinajstić information content (AvgIpc) is 2.46. The standard InChI is InChI=1S/C16H18O3/c17-10-4-1-5-11-19-16(18)15-9-8-13-6-2-3-7-14(13)12-15/h2-3,6-9,12,17H,1,4-5,10-11H2. The van der Waals surface area contributed by atoms with Gasteiger partial charge in [0.15, 0.2) is 0 Å². The lowest BCUT2D eigenvalue weighted by Gasteiger charge is -2.05. The summed E-state index contributed by atoms with van der Waals surface area (Å²) in [5, 5.41) is 10.8. The number of unbranched alkanes of at least 4 members (excludes halogenated alkanes) is 2. The fourth-order valence-corrected chi connectivity index (χ4v) is 1.96. The van der Waals surface area contributed by atoms with Crippen molar-refractivity contribution in [2.45, 2.75) is 19.3 Å². The topological polar surface area (TPSA) is 46.5 Å². The molecular formula is C16H18O3. The molecule has 19 heavy (non-hydrogen) atoms. The number of esters is 1. The van der Waals surface area contributed by atoms with Crippen molar-refractivity contribution in [1.82, 2.24) is 0 Å². The molecule has 0 unspecified atom stereocenters. The molecule has 0 heterocycles. The minimum Gasteiger partial charge on any atom is -0.462 e. The summed E-state index contributed by atoms with van der Waals surface area (Å²) >= 11 is 0. The molecule has 3 heteroatoms. The number of aliphatic hydroxyl groups is 1. The number of benzene rings is 2. The molecule has 2 aromatic carbocycles. The van der Waals surface area contributed by atoms with Crippen LogP contribution < -0.4 is 0 Å². The van der Waals surface area contributed by atoms with Crippen LogP contribution in [0.2, 0.25) is 0 Å². The van der Waals surface area contributed by atoms with Crippen LogP contribution in [0.5, 0.6) is 0 Å². The molecule has 0 aliphatic heterocycles. The number of hydrogen-bond acceptors (Lipinski definition) is 3. The molecule has 2 rings (SSSR count). The predicted octanol–water partition coefficient (Wildman–Crippen LogP) is 3.16. The van der Waals surface area contributed by atoms with E-state index >= 15 is 0 Å². The Labute approximate surface area is 112 Å². The van der Waals surface area contributed by atoms with Gasteiger partial charge in [0, 0.05) is 6.61 Å². The van der Waals surface area contributed by atoms with E-state index in [1.54, 1.807) is 6.07 Å². The number of ether oxygens (including phenoxy) is 1. The van der Waals surface area contributed by atoms with Gasteiger partial charge in [0.2, 0.25) is 0 Å². The first-order chi connectivity index (χ1) is 9.31. The van der Waals surface area contributed by atoms with Crippen molar-refractivity contribution in [3.8, 4) is 0 Å². The quantitative estimate of drug-likeness (QED) is 0.639. The van der Waals surface area contributed by atoms with Gasteiger partial charge in [0.05, 0.1) is 12.2 Å². The molecule has 100 valence electrons. The Hall–Kier alpha value is -1.87. The maximum absolute atomic E-state index is 11.8. The van der Waals surface area contributed by atoms with Crippen molar-refractivity contribution in [2.75, 3.05) is 13.2 Å². The van der Waals surface area contributed by atoms with Gasteiger partial charge >= 0.3 is 5.97 Å². The Morgan fingerprint density at radius 3 is 2.58 bits per heavy atom. The highest BCUT2D eigenvalue weighted by Gasteiger charge is 2.07. The molecule has 0 saturated carbocycles. The van der Waals surface area contributed by atoms with Crippen LogP contribution >= 0.6 is 0 Å². The van der Waals surface area contributed by atoms with Crippen LogP contribution in [0.15, 0.2) is 42.5 Å². The monoisotopic (exact) mass is 258 g/mol. The molecule has 0 radical (unpaired) electrons. The second-order valence-electron chi connectivity index (χ2n) is 4.48. The van der Waals surface area contributed by atoms with E-state index in [4.69, 9.17) is 9.84 Å². The van der Waals surface area contributed by atoms with Crippen molar-refractivity contribution >= 4 is 16.7 Å². The molecule has 3 nitrogen and oxygen atoms in total. The van der Waals surface area contributed by atoms with Gasteiger partial charge in [-0.05, 0) is 42.2 Å². The summed E-state index contributed by atoms with van der Waals surface area (Å²) in [7, 11) is 0. The first-order valence-corrected chi connectivity index (χ1v) is 6.58. The maximum atomic E-state index is 11.8. The highest BCUT2D eigenvalue weighted by Crippen LogP contribution is 2.16. The molecule has 0 bridgehead atoms. The summed E-state index contributed by atoms with van der Waals surface area (Å²) in [6, 6.07) is 13.5. The molecule has 2 aromatic rings. The van der Waals surface area contributed by atoms with Crippen molar-refractivity contribution < 1.29 is 14.6 Å². The molecule has 0 aromatic heterocycles. The van der Waals surface area contributed by atoms with Gasteiger partial charge in [0.25, 0.3) is 0 Å². The number of rotatable bonds is 6. The van der Waals surface area contributed by atoms with Crippen molar-refractivity contribution in [1.29, 1.82) is 0 Å². The van der Waals surface area contributed by atoms with E-state index in [0.29, 0.717) is 12.2 Å². The van der Waals surface area contributed by atoms with Crippen LogP contribution in [0.1, 0.15) is 29.6 Å². The molecule has 0 spiro atoms. The maximum Gasteiger partial charge on any atom is 0.338 e. The normalized spacial score (nSPS) is 10.6. The third-order valence-corrected chi connectivity index (χ3v) is 3.02. The van der Waals surface area contributed by atoms with Gasteiger partial charge in [-0.1, -0.05) is 30.3 Å². The minimum absolute atomic E-state index is 0.193. The van der Waals surface area contributed by atoms with E-state index in [0.717, 1.165) is 30.0 Å². The Bertz CT molecular complexity index is 548. The largest absolute Gasteiger partial charge is 0.462 e. The summed E-state index contributed by atoms with van der Waals surface area (Å²) in [4.78, 5) is 11.8. The fraction of sp³-hybridized carbons (Fsp3) is 0.312. The van der Waals surface area contributed by atoms with Gasteiger partial charge in [-0.15, -0.1) is 0 Å². The van der Waals surface area contributed by atoms with Gasteiger partial charge in [-0.25, -0.2) is 4.79 Å². The lowest BCUT2D eigenvalue weighted by Crippen LogP contribution is -2.06. The summed E-state index contributed by atoms with van der Waals surface area (Å²) in [5.41, 5.74) is 0.584. The molecule has 0 atom stereocenters. The first-order valence-electron chi connectivity index (χ1n) is 6.58. The fourth-order valence-electron chi connectivity index (χ4n) is 1.96. The predicted molar refractivity (Wildman–Crippen MR) is 75.2 cm³/mol. The number of carbonyl (C=O) groups is 1. The van der Waals surface area contributed by atoms with Gasteiger partial charge in [0.1, 0.15) is 0 Å². The number of hydrogen-bond donors (Lipinski definition) is 1. The van der Waals surface area contributed by atoms with E-state index in [9.17, 15) is 4.79 Å². The second kappa shape index (κ2) is 6.90.